The predicted octanol–water partition coefficient (Wildman–Crippen LogP) is 4.73. The molecular weight excluding hydrogens is 322 g/mol. The number of carbonyl (C=O) groups is 1. The van der Waals surface area contributed by atoms with Gasteiger partial charge in [0.1, 0.15) is 0 Å². The minimum Gasteiger partial charge on any atom is -0.463 e. The summed E-state index contributed by atoms with van der Waals surface area (Å²) in [6, 6.07) is 21.5. The molecule has 0 aliphatic carbocycles. The van der Waals surface area contributed by atoms with E-state index >= 15 is 0 Å². The van der Waals surface area contributed by atoms with E-state index in [0.717, 1.165) is 37.1 Å². The van der Waals surface area contributed by atoms with Gasteiger partial charge in [-0.2, -0.15) is 0 Å². The fourth-order valence-corrected chi connectivity index (χ4v) is 3.69. The summed E-state index contributed by atoms with van der Waals surface area (Å²) >= 11 is 0. The Bertz CT molecular complexity index is 752. The topological polar surface area (TPSA) is 29.5 Å². The van der Waals surface area contributed by atoms with Gasteiger partial charge in [0, 0.05) is 18.3 Å². The van der Waals surface area contributed by atoms with E-state index in [0.29, 0.717) is 12.6 Å². The van der Waals surface area contributed by atoms with Gasteiger partial charge in [-0.15, -0.1) is 0 Å². The Kier molecular flexibility index (Phi) is 6.11. The molecule has 3 rings (SSSR count). The summed E-state index contributed by atoms with van der Waals surface area (Å²) in [6.07, 6.45) is 2.98. The van der Waals surface area contributed by atoms with Gasteiger partial charge in [-0.25, -0.2) is 4.79 Å². The van der Waals surface area contributed by atoms with Crippen molar-refractivity contribution in [2.75, 3.05) is 6.61 Å². The van der Waals surface area contributed by atoms with Crippen LogP contribution in [0.1, 0.15) is 37.8 Å². The number of hydrogen-bond acceptors (Lipinski definition) is 3. The van der Waals surface area contributed by atoms with Gasteiger partial charge < -0.3 is 9.64 Å². The third kappa shape index (κ3) is 4.34. The van der Waals surface area contributed by atoms with Crippen LogP contribution in [-0.2, 0) is 22.5 Å². The van der Waals surface area contributed by atoms with Gasteiger partial charge in [-0.1, -0.05) is 60.7 Å². The second-order valence-corrected chi connectivity index (χ2v) is 6.79. The zero-order valence-corrected chi connectivity index (χ0v) is 15.7. The van der Waals surface area contributed by atoms with Crippen LogP contribution in [0.3, 0.4) is 0 Å². The molecule has 0 N–H and O–H groups in total. The average Bonchev–Trinajstić information content (AvgIpc) is 3.05. The molecule has 1 aliphatic rings. The molecule has 1 saturated heterocycles. The van der Waals surface area contributed by atoms with E-state index in [1.54, 1.807) is 0 Å². The van der Waals surface area contributed by atoms with Crippen molar-refractivity contribution in [3.05, 3.63) is 83.1 Å². The molecule has 2 aromatic carbocycles. The van der Waals surface area contributed by atoms with Gasteiger partial charge in [0.05, 0.1) is 12.2 Å². The largest absolute Gasteiger partial charge is 0.463 e. The van der Waals surface area contributed by atoms with Gasteiger partial charge >= 0.3 is 5.97 Å². The third-order valence-corrected chi connectivity index (χ3v) is 5.03. The van der Waals surface area contributed by atoms with E-state index in [1.165, 1.54) is 11.1 Å². The van der Waals surface area contributed by atoms with Crippen molar-refractivity contribution in [1.29, 1.82) is 0 Å². The molecule has 1 fully saturated rings. The van der Waals surface area contributed by atoms with E-state index in [9.17, 15) is 4.79 Å². The highest BCUT2D eigenvalue weighted by Crippen LogP contribution is 2.33. The van der Waals surface area contributed by atoms with Crippen LogP contribution in [0.5, 0.6) is 0 Å². The van der Waals surface area contributed by atoms with Gasteiger partial charge in [-0.3, -0.25) is 0 Å². The summed E-state index contributed by atoms with van der Waals surface area (Å²) < 4.78 is 5.24. The normalized spacial score (nSPS) is 18.7. The number of esters is 1. The first-order chi connectivity index (χ1) is 12.7. The molecule has 0 spiro atoms. The summed E-state index contributed by atoms with van der Waals surface area (Å²) in [5, 5.41) is 0. The van der Waals surface area contributed by atoms with Gasteiger partial charge in [0.25, 0.3) is 0 Å². The summed E-state index contributed by atoms with van der Waals surface area (Å²) in [5.74, 6) is -0.194. The van der Waals surface area contributed by atoms with E-state index in [2.05, 4.69) is 59.5 Å². The van der Waals surface area contributed by atoms with Crippen LogP contribution in [0.2, 0.25) is 0 Å². The summed E-state index contributed by atoms with van der Waals surface area (Å²) in [4.78, 5) is 14.7. The molecule has 3 heteroatoms. The molecule has 0 bridgehead atoms. The molecular formula is C23H27NO2. The number of rotatable bonds is 6. The number of allylic oxidation sites excluding steroid dienone is 1. The highest BCUT2D eigenvalue weighted by atomic mass is 16.5. The molecule has 3 nitrogen and oxygen atoms in total. The Labute approximate surface area is 156 Å². The van der Waals surface area contributed by atoms with Crippen molar-refractivity contribution in [2.24, 2.45) is 0 Å². The summed E-state index contributed by atoms with van der Waals surface area (Å²) in [5.41, 5.74) is 4.48. The summed E-state index contributed by atoms with van der Waals surface area (Å²) in [7, 11) is 0. The van der Waals surface area contributed by atoms with Crippen LogP contribution in [0.4, 0.5) is 0 Å². The minimum absolute atomic E-state index is 0.194. The Hall–Kier alpha value is -2.55. The monoisotopic (exact) mass is 349 g/mol. The molecule has 0 unspecified atom stereocenters. The maximum atomic E-state index is 12.3. The summed E-state index contributed by atoms with van der Waals surface area (Å²) in [6.45, 7) is 4.99. The highest BCUT2D eigenvalue weighted by molar-refractivity contribution is 5.88. The van der Waals surface area contributed by atoms with Gasteiger partial charge in [-0.05, 0) is 44.2 Å². The fourth-order valence-electron chi connectivity index (χ4n) is 3.69. The Morgan fingerprint density at radius 2 is 1.65 bits per heavy atom. The number of ether oxygens (including phenoxy) is 1. The molecule has 0 saturated carbocycles. The average molecular weight is 349 g/mol. The number of likely N-dealkylation sites (tertiary alicyclic amines) is 1. The molecule has 26 heavy (non-hydrogen) atoms. The molecule has 0 amide bonds. The standard InChI is InChI=1S/C23H27NO2/c1-3-26-23(25)18(2)22-15-14-21(16-19-10-6-4-7-11-19)24(22)17-20-12-8-5-9-13-20/h4-13,21H,3,14-17H2,1-2H3/b22-18+/t21-/m1/s1. The van der Waals surface area contributed by atoms with Crippen LogP contribution < -0.4 is 0 Å². The molecule has 0 radical (unpaired) electrons. The van der Waals surface area contributed by atoms with Crippen LogP contribution in [-0.4, -0.2) is 23.5 Å². The quantitative estimate of drug-likeness (QED) is 0.558. The SMILES string of the molecule is CCOC(=O)/C(C)=C1\CC[C@H](Cc2ccccc2)N1Cc1ccccc1. The van der Waals surface area contributed by atoms with Crippen LogP contribution >= 0.6 is 0 Å². The van der Waals surface area contributed by atoms with E-state index in [-0.39, 0.29) is 5.97 Å². The Morgan fingerprint density at radius 1 is 1.04 bits per heavy atom. The zero-order chi connectivity index (χ0) is 18.4. The van der Waals surface area contributed by atoms with Crippen molar-refractivity contribution < 1.29 is 9.53 Å². The maximum absolute atomic E-state index is 12.3. The number of hydrogen-bond donors (Lipinski definition) is 0. The van der Waals surface area contributed by atoms with E-state index in [1.807, 2.05) is 19.9 Å². The lowest BCUT2D eigenvalue weighted by Crippen LogP contribution is -2.31. The van der Waals surface area contributed by atoms with E-state index < -0.39 is 0 Å². The number of carbonyl (C=O) groups excluding carboxylic acids is 1. The Balaban J connectivity index is 1.87. The first kappa shape index (κ1) is 18.2. The lowest BCUT2D eigenvalue weighted by molar-refractivity contribution is -0.138. The van der Waals surface area contributed by atoms with E-state index in [4.69, 9.17) is 4.74 Å². The van der Waals surface area contributed by atoms with Crippen molar-refractivity contribution in [1.82, 2.24) is 4.90 Å². The smallest absolute Gasteiger partial charge is 0.335 e. The lowest BCUT2D eigenvalue weighted by atomic mass is 10.0. The first-order valence-corrected chi connectivity index (χ1v) is 9.40. The highest BCUT2D eigenvalue weighted by Gasteiger charge is 2.31. The molecule has 1 heterocycles. The molecule has 2 aromatic rings. The number of nitrogens with zero attached hydrogens (tertiary/aromatic N) is 1. The minimum atomic E-state index is -0.194. The zero-order valence-electron chi connectivity index (χ0n) is 15.7. The lowest BCUT2D eigenvalue weighted by Gasteiger charge is -2.29. The van der Waals surface area contributed by atoms with Gasteiger partial charge in [0.2, 0.25) is 0 Å². The van der Waals surface area contributed by atoms with Crippen molar-refractivity contribution >= 4 is 5.97 Å². The number of benzene rings is 2. The van der Waals surface area contributed by atoms with Gasteiger partial charge in [0.15, 0.2) is 0 Å². The van der Waals surface area contributed by atoms with Crippen molar-refractivity contribution in [3.8, 4) is 0 Å². The molecule has 0 aromatic heterocycles. The molecule has 1 atom stereocenters. The van der Waals surface area contributed by atoms with Crippen molar-refractivity contribution in [3.63, 3.8) is 0 Å². The fraction of sp³-hybridized carbons (Fsp3) is 0.348. The first-order valence-electron chi connectivity index (χ1n) is 9.40. The predicted molar refractivity (Wildman–Crippen MR) is 104 cm³/mol. The second-order valence-electron chi connectivity index (χ2n) is 6.79. The van der Waals surface area contributed by atoms with Crippen molar-refractivity contribution in [2.45, 2.75) is 45.7 Å². The van der Waals surface area contributed by atoms with Crippen LogP contribution in [0.25, 0.3) is 0 Å². The molecule has 1 aliphatic heterocycles. The molecule has 136 valence electrons. The third-order valence-electron chi connectivity index (χ3n) is 5.03. The maximum Gasteiger partial charge on any atom is 0.335 e. The van der Waals surface area contributed by atoms with Crippen LogP contribution in [0, 0.1) is 0 Å². The Morgan fingerprint density at radius 3 is 2.27 bits per heavy atom. The van der Waals surface area contributed by atoms with Crippen LogP contribution in [0.15, 0.2) is 71.9 Å². The second kappa shape index (κ2) is 8.70.